The topological polar surface area (TPSA) is 52.6 Å². The maximum absolute atomic E-state index is 10.2. The minimum Gasteiger partial charge on any atom is -0.466 e. The first-order valence-corrected chi connectivity index (χ1v) is 4.22. The van der Waals surface area contributed by atoms with Gasteiger partial charge in [-0.1, -0.05) is 6.58 Å². The average Bonchev–Trinajstić information content (AvgIpc) is 2.01. The Morgan fingerprint density at radius 1 is 1.21 bits per heavy atom. The smallest absolute Gasteiger partial charge is 0.332 e. The third-order valence-electron chi connectivity index (χ3n) is 0.936. The average molecular weight is 202 g/mol. The predicted octanol–water partition coefficient (Wildman–Crippen LogP) is 1.69. The van der Waals surface area contributed by atoms with Crippen molar-refractivity contribution in [1.29, 1.82) is 0 Å². The number of esters is 2. The molecule has 0 N–H and O–H groups in total. The molecular weight excluding hydrogens is 184 g/mol. The van der Waals surface area contributed by atoms with E-state index in [0.29, 0.717) is 5.57 Å². The summed E-state index contributed by atoms with van der Waals surface area (Å²) in [6.45, 7) is 10.00. The maximum atomic E-state index is 10.2. The van der Waals surface area contributed by atoms with Crippen LogP contribution in [0, 0.1) is 0 Å². The van der Waals surface area contributed by atoms with Gasteiger partial charge in [0.05, 0.1) is 13.2 Å². The molecule has 0 heterocycles. The monoisotopic (exact) mass is 202 g/mol. The molecule has 0 rings (SSSR count). The zero-order valence-corrected chi connectivity index (χ0v) is 9.42. The van der Waals surface area contributed by atoms with Gasteiger partial charge in [0.2, 0.25) is 0 Å². The lowest BCUT2D eigenvalue weighted by Gasteiger charge is -2.01. The molecule has 0 fully saturated rings. The van der Waals surface area contributed by atoms with E-state index in [1.807, 2.05) is 13.8 Å². The van der Waals surface area contributed by atoms with Crippen LogP contribution in [-0.2, 0) is 19.1 Å². The van der Waals surface area contributed by atoms with Gasteiger partial charge < -0.3 is 9.47 Å². The van der Waals surface area contributed by atoms with Gasteiger partial charge in [0.25, 0.3) is 0 Å². The molecule has 0 aliphatic rings. The van der Waals surface area contributed by atoms with Gasteiger partial charge >= 0.3 is 11.9 Å². The Morgan fingerprint density at radius 3 is 1.64 bits per heavy atom. The lowest BCUT2D eigenvalue weighted by molar-refractivity contribution is -0.144. The number of hydrogen-bond donors (Lipinski definition) is 0. The molecule has 0 saturated carbocycles. The maximum Gasteiger partial charge on any atom is 0.332 e. The van der Waals surface area contributed by atoms with E-state index in [9.17, 15) is 9.59 Å². The fourth-order valence-electron chi connectivity index (χ4n) is 0.506. The van der Waals surface area contributed by atoms with Crippen LogP contribution in [0.4, 0.5) is 0 Å². The number of hydrogen-bond acceptors (Lipinski definition) is 4. The molecule has 82 valence electrons. The van der Waals surface area contributed by atoms with Gasteiger partial charge in [0, 0.05) is 12.5 Å². The summed E-state index contributed by atoms with van der Waals surface area (Å²) in [5.41, 5.74) is 0.433. The number of ether oxygens (including phenoxy) is 2. The van der Waals surface area contributed by atoms with E-state index < -0.39 is 0 Å². The van der Waals surface area contributed by atoms with E-state index in [1.165, 1.54) is 14.0 Å². The minimum atomic E-state index is -0.347. The van der Waals surface area contributed by atoms with Gasteiger partial charge in [-0.2, -0.15) is 0 Å². The fraction of sp³-hybridized carbons (Fsp3) is 0.600. The SMILES string of the molecule is C=C(C)C(=O)OC.CC(=O)OC(C)C. The van der Waals surface area contributed by atoms with Crippen molar-refractivity contribution in [3.8, 4) is 0 Å². The van der Waals surface area contributed by atoms with E-state index in [2.05, 4.69) is 16.1 Å². The molecule has 0 aromatic carbocycles. The van der Waals surface area contributed by atoms with E-state index in [-0.39, 0.29) is 18.0 Å². The highest BCUT2D eigenvalue weighted by Gasteiger charge is 1.95. The van der Waals surface area contributed by atoms with Crippen molar-refractivity contribution in [3.63, 3.8) is 0 Å². The Bertz CT molecular complexity index is 206. The fourth-order valence-corrected chi connectivity index (χ4v) is 0.506. The highest BCUT2D eigenvalue weighted by molar-refractivity contribution is 5.86. The Labute approximate surface area is 84.9 Å². The zero-order chi connectivity index (χ0) is 11.7. The second-order valence-corrected chi connectivity index (χ2v) is 2.93. The summed E-state index contributed by atoms with van der Waals surface area (Å²) in [5, 5.41) is 0. The van der Waals surface area contributed by atoms with Crippen molar-refractivity contribution in [3.05, 3.63) is 12.2 Å². The lowest BCUT2D eigenvalue weighted by atomic mass is 10.4. The first-order chi connectivity index (χ1) is 6.31. The normalized spacial score (nSPS) is 8.43. The van der Waals surface area contributed by atoms with E-state index in [4.69, 9.17) is 0 Å². The highest BCUT2D eigenvalue weighted by Crippen LogP contribution is 1.87. The minimum absolute atomic E-state index is 0.0255. The van der Waals surface area contributed by atoms with Crippen molar-refractivity contribution in [2.45, 2.75) is 33.8 Å². The van der Waals surface area contributed by atoms with Crippen molar-refractivity contribution >= 4 is 11.9 Å². The largest absolute Gasteiger partial charge is 0.466 e. The van der Waals surface area contributed by atoms with Crippen LogP contribution in [0.2, 0.25) is 0 Å². The van der Waals surface area contributed by atoms with E-state index in [0.717, 1.165) is 0 Å². The molecule has 0 aromatic rings. The first kappa shape index (κ1) is 15.2. The van der Waals surface area contributed by atoms with E-state index >= 15 is 0 Å². The summed E-state index contributed by atoms with van der Waals surface area (Å²) < 4.78 is 8.88. The highest BCUT2D eigenvalue weighted by atomic mass is 16.5. The molecule has 0 spiro atoms. The second kappa shape index (κ2) is 8.29. The number of rotatable bonds is 2. The lowest BCUT2D eigenvalue weighted by Crippen LogP contribution is -2.06. The third-order valence-corrected chi connectivity index (χ3v) is 0.936. The van der Waals surface area contributed by atoms with Gasteiger partial charge in [0.1, 0.15) is 0 Å². The van der Waals surface area contributed by atoms with Crippen molar-refractivity contribution in [1.82, 2.24) is 0 Å². The molecule has 0 aliphatic carbocycles. The molecule has 0 amide bonds. The molecule has 14 heavy (non-hydrogen) atoms. The predicted molar refractivity (Wildman–Crippen MR) is 53.7 cm³/mol. The van der Waals surface area contributed by atoms with Crippen LogP contribution in [0.15, 0.2) is 12.2 Å². The summed E-state index contributed by atoms with van der Waals surface area (Å²) in [6, 6.07) is 0. The standard InChI is InChI=1S/C5H8O2.C5H10O2/c1-4(2)5(6)7-3;1-4(2)7-5(3)6/h1H2,2-3H3;4H,1-3H3. The number of carbonyl (C=O) groups excluding carboxylic acids is 2. The molecular formula is C10H18O4. The van der Waals surface area contributed by atoms with Crippen LogP contribution in [0.1, 0.15) is 27.7 Å². The van der Waals surface area contributed by atoms with Crippen LogP contribution in [0.3, 0.4) is 0 Å². The molecule has 0 bridgehead atoms. The Balaban J connectivity index is 0. The van der Waals surface area contributed by atoms with Gasteiger partial charge in [0.15, 0.2) is 0 Å². The molecule has 4 nitrogen and oxygen atoms in total. The molecule has 0 saturated heterocycles. The summed E-state index contributed by atoms with van der Waals surface area (Å²) in [4.78, 5) is 20.2. The van der Waals surface area contributed by atoms with Crippen LogP contribution in [-0.4, -0.2) is 25.2 Å². The van der Waals surface area contributed by atoms with E-state index in [1.54, 1.807) is 6.92 Å². The van der Waals surface area contributed by atoms with Gasteiger partial charge in [-0.15, -0.1) is 0 Å². The molecule has 0 unspecified atom stereocenters. The molecule has 0 atom stereocenters. The van der Waals surface area contributed by atoms with Crippen LogP contribution in [0.25, 0.3) is 0 Å². The third kappa shape index (κ3) is 13.3. The van der Waals surface area contributed by atoms with Gasteiger partial charge in [-0.25, -0.2) is 4.79 Å². The molecule has 4 heteroatoms. The van der Waals surface area contributed by atoms with Gasteiger partial charge in [-0.05, 0) is 20.8 Å². The molecule has 0 radical (unpaired) electrons. The summed E-state index contributed by atoms with van der Waals surface area (Å²) in [7, 11) is 1.33. The molecule has 0 aromatic heterocycles. The zero-order valence-electron chi connectivity index (χ0n) is 9.42. The van der Waals surface area contributed by atoms with Crippen molar-refractivity contribution < 1.29 is 19.1 Å². The van der Waals surface area contributed by atoms with Crippen molar-refractivity contribution in [2.24, 2.45) is 0 Å². The second-order valence-electron chi connectivity index (χ2n) is 2.93. The number of carbonyl (C=O) groups is 2. The molecule has 0 aliphatic heterocycles. The summed E-state index contributed by atoms with van der Waals surface area (Å²) >= 11 is 0. The quantitative estimate of drug-likeness (QED) is 0.505. The summed E-state index contributed by atoms with van der Waals surface area (Å²) in [5.74, 6) is -0.560. The first-order valence-electron chi connectivity index (χ1n) is 4.22. The Morgan fingerprint density at radius 2 is 1.64 bits per heavy atom. The number of methoxy groups -OCH3 is 1. The van der Waals surface area contributed by atoms with Gasteiger partial charge in [-0.3, -0.25) is 4.79 Å². The summed E-state index contributed by atoms with van der Waals surface area (Å²) in [6.07, 6.45) is 0.0255. The Kier molecular flexibility index (Phi) is 8.98. The van der Waals surface area contributed by atoms with Crippen LogP contribution in [0.5, 0.6) is 0 Å². The Hall–Kier alpha value is -1.32. The van der Waals surface area contributed by atoms with Crippen molar-refractivity contribution in [2.75, 3.05) is 7.11 Å². The van der Waals surface area contributed by atoms with Crippen LogP contribution < -0.4 is 0 Å². The van der Waals surface area contributed by atoms with Crippen LogP contribution >= 0.6 is 0 Å².